The summed E-state index contributed by atoms with van der Waals surface area (Å²) in [6.07, 6.45) is 3.96. The molecule has 11 heavy (non-hydrogen) atoms. The Bertz CT molecular complexity index is 315. The van der Waals surface area contributed by atoms with Crippen molar-refractivity contribution in [1.82, 2.24) is 4.37 Å². The quantitative estimate of drug-likeness (QED) is 0.581. The lowest BCUT2D eigenvalue weighted by Gasteiger charge is -1.87. The molecule has 0 unspecified atom stereocenters. The summed E-state index contributed by atoms with van der Waals surface area (Å²) >= 11 is 1.46. The second-order valence-electron chi connectivity index (χ2n) is 2.14. The van der Waals surface area contributed by atoms with Gasteiger partial charge in [-0.05, 0) is 12.1 Å². The van der Waals surface area contributed by atoms with Crippen molar-refractivity contribution in [2.75, 3.05) is 0 Å². The van der Waals surface area contributed by atoms with Crippen molar-refractivity contribution in [3.63, 3.8) is 0 Å². The molecule has 0 bridgehead atoms. The third-order valence-electron chi connectivity index (χ3n) is 1.40. The van der Waals surface area contributed by atoms with Crippen LogP contribution in [0.15, 0.2) is 42.0 Å². The van der Waals surface area contributed by atoms with Gasteiger partial charge in [0.15, 0.2) is 0 Å². The van der Waals surface area contributed by atoms with Crippen LogP contribution >= 0.6 is 11.5 Å². The fourth-order valence-corrected chi connectivity index (χ4v) is 1.40. The van der Waals surface area contributed by atoms with Crippen molar-refractivity contribution in [2.45, 2.75) is 0 Å². The Morgan fingerprint density at radius 2 is 2.00 bits per heavy atom. The van der Waals surface area contributed by atoms with Crippen LogP contribution in [0.4, 0.5) is 0 Å². The van der Waals surface area contributed by atoms with Crippen molar-refractivity contribution in [3.05, 3.63) is 42.0 Å². The van der Waals surface area contributed by atoms with Gasteiger partial charge in [-0.15, -0.1) is 0 Å². The molecule has 2 heterocycles. The molecule has 0 aromatic carbocycles. The van der Waals surface area contributed by atoms with E-state index < -0.39 is 0 Å². The lowest BCUT2D eigenvalue weighted by Crippen LogP contribution is -2.29. The predicted octanol–water partition coefficient (Wildman–Crippen LogP) is 1.42. The van der Waals surface area contributed by atoms with Gasteiger partial charge >= 0.3 is 5.82 Å². The number of hydrogen-bond acceptors (Lipinski definition) is 2. The maximum absolute atomic E-state index is 4.19. The smallest absolute Gasteiger partial charge is 0.202 e. The monoisotopic (exact) mass is 163 g/mol. The normalized spacial score (nSPS) is 9.82. The molecule has 2 aromatic rings. The van der Waals surface area contributed by atoms with E-state index in [4.69, 9.17) is 0 Å². The molecule has 0 atom stereocenters. The zero-order valence-electron chi connectivity index (χ0n) is 5.84. The van der Waals surface area contributed by atoms with Crippen molar-refractivity contribution >= 4 is 11.5 Å². The minimum atomic E-state index is 0.982. The highest BCUT2D eigenvalue weighted by atomic mass is 32.1. The van der Waals surface area contributed by atoms with Gasteiger partial charge < -0.3 is 0 Å². The topological polar surface area (TPSA) is 16.8 Å². The van der Waals surface area contributed by atoms with Gasteiger partial charge in [-0.2, -0.15) is 0 Å². The van der Waals surface area contributed by atoms with E-state index in [0.717, 1.165) is 5.82 Å². The number of aromatic nitrogens is 2. The molecule has 0 amide bonds. The lowest BCUT2D eigenvalue weighted by molar-refractivity contribution is -0.599. The molecule has 0 spiro atoms. The summed E-state index contributed by atoms with van der Waals surface area (Å²) in [5.41, 5.74) is 0. The van der Waals surface area contributed by atoms with Crippen LogP contribution in [0, 0.1) is 0 Å². The Labute approximate surface area is 68.9 Å². The molecule has 0 aliphatic heterocycles. The molecule has 0 radical (unpaired) electrons. The van der Waals surface area contributed by atoms with Crippen LogP contribution in [0.3, 0.4) is 0 Å². The molecule has 0 fully saturated rings. The molecule has 0 aliphatic carbocycles. The van der Waals surface area contributed by atoms with Crippen LogP contribution < -0.4 is 4.57 Å². The second kappa shape index (κ2) is 2.80. The van der Waals surface area contributed by atoms with Crippen LogP contribution in [0.5, 0.6) is 0 Å². The van der Waals surface area contributed by atoms with E-state index >= 15 is 0 Å². The predicted molar refractivity (Wildman–Crippen MR) is 43.6 cm³/mol. The van der Waals surface area contributed by atoms with E-state index in [2.05, 4.69) is 4.37 Å². The first-order valence-corrected chi connectivity index (χ1v) is 4.17. The molecular formula is C8H7N2S+. The summed E-state index contributed by atoms with van der Waals surface area (Å²) in [6, 6.07) is 7.95. The average Bonchev–Trinajstić information content (AvgIpc) is 2.58. The summed E-state index contributed by atoms with van der Waals surface area (Å²) in [6.45, 7) is 0. The van der Waals surface area contributed by atoms with Crippen molar-refractivity contribution < 1.29 is 4.57 Å². The Balaban J connectivity index is 2.46. The molecule has 0 saturated heterocycles. The SMILES string of the molecule is c1cc[n+](-c2ccsn2)cc1. The fraction of sp³-hybridized carbons (Fsp3) is 0. The number of rotatable bonds is 1. The highest BCUT2D eigenvalue weighted by molar-refractivity contribution is 7.03. The van der Waals surface area contributed by atoms with Crippen LogP contribution in [-0.2, 0) is 0 Å². The number of nitrogens with zero attached hydrogens (tertiary/aromatic N) is 2. The molecule has 2 aromatic heterocycles. The lowest BCUT2D eigenvalue weighted by atomic mass is 10.5. The first-order valence-electron chi connectivity index (χ1n) is 3.34. The summed E-state index contributed by atoms with van der Waals surface area (Å²) in [7, 11) is 0. The highest BCUT2D eigenvalue weighted by Gasteiger charge is 2.04. The molecule has 0 saturated carbocycles. The highest BCUT2D eigenvalue weighted by Crippen LogP contribution is 1.97. The Morgan fingerprint density at radius 3 is 2.64 bits per heavy atom. The average molecular weight is 163 g/mol. The standard InChI is InChI=1S/C8H7N2S/c1-2-5-10(6-3-1)8-4-7-11-9-8/h1-7H/q+1. The van der Waals surface area contributed by atoms with Gasteiger partial charge in [0.2, 0.25) is 0 Å². The largest absolute Gasteiger partial charge is 0.343 e. The van der Waals surface area contributed by atoms with Crippen LogP contribution in [0.1, 0.15) is 0 Å². The Hall–Kier alpha value is -1.22. The third kappa shape index (κ3) is 1.28. The number of pyridine rings is 1. The molecular weight excluding hydrogens is 156 g/mol. The molecule has 0 aliphatic rings. The van der Waals surface area contributed by atoms with Crippen LogP contribution in [0.2, 0.25) is 0 Å². The van der Waals surface area contributed by atoms with Gasteiger partial charge in [0, 0.05) is 15.8 Å². The third-order valence-corrected chi connectivity index (χ3v) is 1.95. The maximum Gasteiger partial charge on any atom is 0.343 e. The molecule has 3 heteroatoms. The zero-order chi connectivity index (χ0) is 7.52. The molecule has 2 nitrogen and oxygen atoms in total. The summed E-state index contributed by atoms with van der Waals surface area (Å²) in [5, 5.41) is 1.97. The van der Waals surface area contributed by atoms with Gasteiger partial charge in [0.25, 0.3) is 0 Å². The van der Waals surface area contributed by atoms with Gasteiger partial charge in [0.1, 0.15) is 0 Å². The van der Waals surface area contributed by atoms with Crippen LogP contribution in [-0.4, -0.2) is 4.37 Å². The summed E-state index contributed by atoms with van der Waals surface area (Å²) in [5.74, 6) is 0.982. The summed E-state index contributed by atoms with van der Waals surface area (Å²) in [4.78, 5) is 0. The van der Waals surface area contributed by atoms with E-state index in [1.165, 1.54) is 11.5 Å². The molecule has 2 rings (SSSR count). The van der Waals surface area contributed by atoms with Crippen molar-refractivity contribution in [2.24, 2.45) is 0 Å². The van der Waals surface area contributed by atoms with E-state index in [1.807, 2.05) is 46.6 Å². The van der Waals surface area contributed by atoms with Gasteiger partial charge in [-0.1, -0.05) is 6.07 Å². The Kier molecular flexibility index (Phi) is 1.65. The van der Waals surface area contributed by atoms with E-state index in [-0.39, 0.29) is 0 Å². The van der Waals surface area contributed by atoms with E-state index in [9.17, 15) is 0 Å². The Morgan fingerprint density at radius 1 is 1.18 bits per heavy atom. The first-order chi connectivity index (χ1) is 5.47. The minimum absolute atomic E-state index is 0.982. The second-order valence-corrected chi connectivity index (χ2v) is 2.81. The van der Waals surface area contributed by atoms with E-state index in [1.54, 1.807) is 0 Å². The van der Waals surface area contributed by atoms with E-state index in [0.29, 0.717) is 0 Å². The van der Waals surface area contributed by atoms with Crippen LogP contribution in [0.25, 0.3) is 5.82 Å². The zero-order valence-corrected chi connectivity index (χ0v) is 6.66. The first kappa shape index (κ1) is 6.49. The molecule has 0 N–H and O–H groups in total. The fourth-order valence-electron chi connectivity index (χ4n) is 0.891. The van der Waals surface area contributed by atoms with Gasteiger partial charge in [0.05, 0.1) is 23.9 Å². The number of hydrogen-bond donors (Lipinski definition) is 0. The van der Waals surface area contributed by atoms with Crippen molar-refractivity contribution in [1.29, 1.82) is 0 Å². The van der Waals surface area contributed by atoms with Crippen molar-refractivity contribution in [3.8, 4) is 5.82 Å². The summed E-state index contributed by atoms with van der Waals surface area (Å²) < 4.78 is 6.17. The minimum Gasteiger partial charge on any atom is -0.202 e. The molecule has 54 valence electrons. The van der Waals surface area contributed by atoms with Gasteiger partial charge in [-0.25, -0.2) is 4.57 Å². The van der Waals surface area contributed by atoms with Gasteiger partial charge in [-0.3, -0.25) is 0 Å². The maximum atomic E-state index is 4.19.